The topological polar surface area (TPSA) is 50.9 Å². The zero-order valence-corrected chi connectivity index (χ0v) is 12.1. The van der Waals surface area contributed by atoms with Crippen LogP contribution in [0.4, 0.5) is 0 Å². The number of aryl methyl sites for hydroxylation is 1. The lowest BCUT2D eigenvalue weighted by atomic mass is 10.0. The highest BCUT2D eigenvalue weighted by Gasteiger charge is 2.17. The monoisotopic (exact) mass is 301 g/mol. The van der Waals surface area contributed by atoms with Gasteiger partial charge in [-0.3, -0.25) is 11.3 Å². The van der Waals surface area contributed by atoms with E-state index in [-0.39, 0.29) is 6.04 Å². The van der Waals surface area contributed by atoms with Crippen LogP contribution in [-0.4, -0.2) is 4.98 Å². The van der Waals surface area contributed by atoms with Crippen molar-refractivity contribution in [3.63, 3.8) is 0 Å². The summed E-state index contributed by atoms with van der Waals surface area (Å²) >= 11 is 13.8. The van der Waals surface area contributed by atoms with Gasteiger partial charge in [0.15, 0.2) is 0 Å². The average molecular weight is 302 g/mol. The predicted molar refractivity (Wildman–Crippen MR) is 77.1 cm³/mol. The van der Waals surface area contributed by atoms with E-state index in [0.29, 0.717) is 16.5 Å². The Morgan fingerprint density at radius 1 is 1.44 bits per heavy atom. The quantitative estimate of drug-likeness (QED) is 0.671. The molecule has 1 unspecified atom stereocenters. The van der Waals surface area contributed by atoms with E-state index >= 15 is 0 Å². The van der Waals surface area contributed by atoms with Crippen molar-refractivity contribution in [3.8, 4) is 0 Å². The number of thiazole rings is 1. The Balaban J connectivity index is 2.25. The minimum absolute atomic E-state index is 0.0956. The summed E-state index contributed by atoms with van der Waals surface area (Å²) in [6.45, 7) is 1.97. The van der Waals surface area contributed by atoms with E-state index in [1.165, 1.54) is 0 Å². The number of nitrogens with two attached hydrogens (primary N) is 1. The van der Waals surface area contributed by atoms with E-state index in [1.807, 2.05) is 24.4 Å². The molecule has 0 bridgehead atoms. The molecular formula is C12H13Cl2N3S. The van der Waals surface area contributed by atoms with Crippen LogP contribution in [0.5, 0.6) is 0 Å². The van der Waals surface area contributed by atoms with Gasteiger partial charge in [-0.05, 0) is 18.6 Å². The molecule has 96 valence electrons. The number of nitrogens with one attached hydrogen (secondary N) is 1. The van der Waals surface area contributed by atoms with E-state index in [0.717, 1.165) is 16.3 Å². The lowest BCUT2D eigenvalue weighted by molar-refractivity contribution is 0.550. The standard InChI is InChI=1S/C12H13Cl2N3S/c1-7-6-18-11(16-7)5-10(17-15)8-3-2-4-9(13)12(8)14/h2-4,6,10,17H,5,15H2,1H3. The number of hydrazine groups is 1. The largest absolute Gasteiger partial charge is 0.271 e. The summed E-state index contributed by atoms with van der Waals surface area (Å²) in [6, 6.07) is 5.44. The molecule has 3 N–H and O–H groups in total. The summed E-state index contributed by atoms with van der Waals surface area (Å²) in [6.07, 6.45) is 0.690. The zero-order valence-electron chi connectivity index (χ0n) is 9.78. The van der Waals surface area contributed by atoms with Crippen molar-refractivity contribution in [2.24, 2.45) is 5.84 Å². The highest BCUT2D eigenvalue weighted by Crippen LogP contribution is 2.31. The van der Waals surface area contributed by atoms with Gasteiger partial charge < -0.3 is 0 Å². The van der Waals surface area contributed by atoms with E-state index in [4.69, 9.17) is 29.0 Å². The molecule has 0 amide bonds. The number of rotatable bonds is 4. The SMILES string of the molecule is Cc1csc(CC(NN)c2cccc(Cl)c2Cl)n1. The molecule has 2 aromatic rings. The van der Waals surface area contributed by atoms with E-state index in [9.17, 15) is 0 Å². The molecule has 0 aliphatic heterocycles. The molecule has 0 aliphatic rings. The maximum absolute atomic E-state index is 6.19. The number of hydrogen-bond acceptors (Lipinski definition) is 4. The van der Waals surface area contributed by atoms with Crippen LogP contribution in [0.25, 0.3) is 0 Å². The maximum atomic E-state index is 6.19. The van der Waals surface area contributed by atoms with Crippen LogP contribution in [0.1, 0.15) is 22.3 Å². The lowest BCUT2D eigenvalue weighted by Crippen LogP contribution is -2.29. The Morgan fingerprint density at radius 2 is 2.22 bits per heavy atom. The van der Waals surface area contributed by atoms with Crippen molar-refractivity contribution in [3.05, 3.63) is 49.9 Å². The molecule has 1 heterocycles. The first-order valence-corrected chi connectivity index (χ1v) is 7.06. The van der Waals surface area contributed by atoms with Crippen molar-refractivity contribution >= 4 is 34.5 Å². The highest BCUT2D eigenvalue weighted by molar-refractivity contribution is 7.09. The molecular weight excluding hydrogens is 289 g/mol. The Labute approximate surface area is 120 Å². The van der Waals surface area contributed by atoms with Gasteiger partial charge in [0.2, 0.25) is 0 Å². The summed E-state index contributed by atoms with van der Waals surface area (Å²) in [7, 11) is 0. The fourth-order valence-corrected chi connectivity index (χ4v) is 2.98. The molecule has 0 saturated heterocycles. The van der Waals surface area contributed by atoms with Crippen LogP contribution in [0.2, 0.25) is 10.0 Å². The van der Waals surface area contributed by atoms with Crippen molar-refractivity contribution in [1.29, 1.82) is 0 Å². The van der Waals surface area contributed by atoms with Crippen LogP contribution in [0.15, 0.2) is 23.6 Å². The van der Waals surface area contributed by atoms with E-state index in [2.05, 4.69) is 10.4 Å². The van der Waals surface area contributed by atoms with Gasteiger partial charge in [0.25, 0.3) is 0 Å². The van der Waals surface area contributed by atoms with Gasteiger partial charge in [0, 0.05) is 17.5 Å². The number of benzene rings is 1. The molecule has 1 aromatic carbocycles. The Hall–Kier alpha value is -0.650. The van der Waals surface area contributed by atoms with Gasteiger partial charge >= 0.3 is 0 Å². The third-order valence-electron chi connectivity index (χ3n) is 2.60. The Kier molecular flexibility index (Phi) is 4.59. The smallest absolute Gasteiger partial charge is 0.0947 e. The number of halogens is 2. The number of hydrogen-bond donors (Lipinski definition) is 2. The highest BCUT2D eigenvalue weighted by atomic mass is 35.5. The number of aromatic nitrogens is 1. The van der Waals surface area contributed by atoms with Gasteiger partial charge in [0.1, 0.15) is 0 Å². The molecule has 2 rings (SSSR count). The van der Waals surface area contributed by atoms with Crippen molar-refractivity contribution in [2.45, 2.75) is 19.4 Å². The lowest BCUT2D eigenvalue weighted by Gasteiger charge is -2.17. The maximum Gasteiger partial charge on any atom is 0.0947 e. The number of nitrogens with zero attached hydrogens (tertiary/aromatic N) is 1. The van der Waals surface area contributed by atoms with E-state index < -0.39 is 0 Å². The molecule has 1 aromatic heterocycles. The van der Waals surface area contributed by atoms with E-state index in [1.54, 1.807) is 17.4 Å². The first-order valence-electron chi connectivity index (χ1n) is 5.43. The van der Waals surface area contributed by atoms with Gasteiger partial charge in [-0.25, -0.2) is 4.98 Å². The summed E-state index contributed by atoms with van der Waals surface area (Å²) in [4.78, 5) is 4.42. The van der Waals surface area contributed by atoms with Gasteiger partial charge in [-0.2, -0.15) is 0 Å². The molecule has 0 spiro atoms. The molecule has 3 nitrogen and oxygen atoms in total. The minimum Gasteiger partial charge on any atom is -0.271 e. The average Bonchev–Trinajstić information content (AvgIpc) is 2.76. The third kappa shape index (κ3) is 3.02. The van der Waals surface area contributed by atoms with Crippen LogP contribution >= 0.6 is 34.5 Å². The molecule has 1 atom stereocenters. The summed E-state index contributed by atoms with van der Waals surface area (Å²) in [5.74, 6) is 5.60. The second-order valence-electron chi connectivity index (χ2n) is 3.95. The van der Waals surface area contributed by atoms with Gasteiger partial charge in [-0.1, -0.05) is 35.3 Å². The van der Waals surface area contributed by atoms with Crippen LogP contribution < -0.4 is 11.3 Å². The van der Waals surface area contributed by atoms with Gasteiger partial charge in [0.05, 0.1) is 21.1 Å². The van der Waals surface area contributed by atoms with Crippen LogP contribution in [0, 0.1) is 6.92 Å². The molecule has 0 fully saturated rings. The molecule has 0 aliphatic carbocycles. The molecule has 0 radical (unpaired) electrons. The fourth-order valence-electron chi connectivity index (χ4n) is 1.72. The van der Waals surface area contributed by atoms with Gasteiger partial charge in [-0.15, -0.1) is 11.3 Å². The third-order valence-corrected chi connectivity index (χ3v) is 4.43. The van der Waals surface area contributed by atoms with Crippen LogP contribution in [0.3, 0.4) is 0 Å². The first-order chi connectivity index (χ1) is 8.61. The second kappa shape index (κ2) is 5.99. The summed E-state index contributed by atoms with van der Waals surface area (Å²) in [5.41, 5.74) is 4.67. The molecule has 18 heavy (non-hydrogen) atoms. The zero-order chi connectivity index (χ0) is 13.1. The molecule has 6 heteroatoms. The first kappa shape index (κ1) is 13.8. The van der Waals surface area contributed by atoms with Crippen LogP contribution in [-0.2, 0) is 6.42 Å². The van der Waals surface area contributed by atoms with Crippen molar-refractivity contribution in [1.82, 2.24) is 10.4 Å². The van der Waals surface area contributed by atoms with Crippen molar-refractivity contribution < 1.29 is 0 Å². The summed E-state index contributed by atoms with van der Waals surface area (Å²) in [5, 5.41) is 4.11. The predicted octanol–water partition coefficient (Wildman–Crippen LogP) is 3.51. The second-order valence-corrected chi connectivity index (χ2v) is 5.68. The summed E-state index contributed by atoms with van der Waals surface area (Å²) < 4.78 is 0. The Morgan fingerprint density at radius 3 is 2.83 bits per heavy atom. The minimum atomic E-state index is -0.0956. The molecule has 0 saturated carbocycles. The normalized spacial score (nSPS) is 12.7. The Bertz CT molecular complexity index is 542. The fraction of sp³-hybridized carbons (Fsp3) is 0.250. The van der Waals surface area contributed by atoms with Crippen molar-refractivity contribution in [2.75, 3.05) is 0 Å².